The van der Waals surface area contributed by atoms with Gasteiger partial charge in [-0.2, -0.15) is 0 Å². The molecule has 0 radical (unpaired) electrons. The van der Waals surface area contributed by atoms with Crippen LogP contribution in [0.3, 0.4) is 0 Å². The molecule has 5 rings (SSSR count). The van der Waals surface area contributed by atoms with Crippen LogP contribution in [0.1, 0.15) is 29.0 Å². The van der Waals surface area contributed by atoms with E-state index in [-0.39, 0.29) is 17.1 Å². The molecule has 0 bridgehead atoms. The van der Waals surface area contributed by atoms with Gasteiger partial charge in [0.15, 0.2) is 5.11 Å². The van der Waals surface area contributed by atoms with Crippen molar-refractivity contribution in [1.82, 2.24) is 24.8 Å². The molecule has 1 aliphatic heterocycles. The van der Waals surface area contributed by atoms with E-state index in [1.54, 1.807) is 30.7 Å². The summed E-state index contributed by atoms with van der Waals surface area (Å²) < 4.78 is 15.8. The highest BCUT2D eigenvalue weighted by Gasteiger charge is 2.41. The Morgan fingerprint density at radius 1 is 1.03 bits per heavy atom. The van der Waals surface area contributed by atoms with E-state index in [1.807, 2.05) is 53.2 Å². The summed E-state index contributed by atoms with van der Waals surface area (Å²) in [4.78, 5) is 10.9. The highest BCUT2D eigenvalue weighted by molar-refractivity contribution is 7.80. The van der Waals surface area contributed by atoms with Gasteiger partial charge in [-0.15, -0.1) is 0 Å². The highest BCUT2D eigenvalue weighted by Crippen LogP contribution is 2.40. The van der Waals surface area contributed by atoms with E-state index in [0.29, 0.717) is 11.7 Å². The number of rotatable bonds is 5. The zero-order valence-electron chi connectivity index (χ0n) is 16.9. The van der Waals surface area contributed by atoms with Crippen molar-refractivity contribution in [1.29, 1.82) is 0 Å². The Bertz CT molecular complexity index is 1250. The summed E-state index contributed by atoms with van der Waals surface area (Å²) in [5, 5.41) is 4.18. The van der Waals surface area contributed by atoms with E-state index in [9.17, 15) is 4.39 Å². The third-order valence-corrected chi connectivity index (χ3v) is 6.21. The fourth-order valence-corrected chi connectivity index (χ4v) is 4.57. The van der Waals surface area contributed by atoms with Crippen molar-refractivity contribution in [3.63, 3.8) is 0 Å². The average molecular weight is 464 g/mol. The summed E-state index contributed by atoms with van der Waals surface area (Å²) in [5.74, 6) is -0.446. The molecule has 1 N–H and O–H groups in total. The number of nitrogens with one attached hydrogen (secondary N) is 1. The number of pyridine rings is 2. The van der Waals surface area contributed by atoms with Gasteiger partial charge in [-0.1, -0.05) is 17.7 Å². The molecule has 1 aliphatic rings. The van der Waals surface area contributed by atoms with E-state index in [0.717, 1.165) is 22.6 Å². The van der Waals surface area contributed by atoms with Gasteiger partial charge in [0.05, 0.1) is 22.8 Å². The minimum absolute atomic E-state index is 0.0807. The molecule has 0 spiro atoms. The van der Waals surface area contributed by atoms with E-state index in [1.165, 1.54) is 6.07 Å². The number of thiocarbonyl (C=S) groups is 1. The van der Waals surface area contributed by atoms with Crippen molar-refractivity contribution < 1.29 is 4.39 Å². The third-order valence-electron chi connectivity index (χ3n) is 5.56. The Labute approximate surface area is 195 Å². The smallest absolute Gasteiger partial charge is 0.170 e. The van der Waals surface area contributed by atoms with Crippen molar-refractivity contribution in [3.05, 3.63) is 113 Å². The zero-order valence-corrected chi connectivity index (χ0v) is 18.5. The number of halogens is 2. The molecule has 2 atom stereocenters. The summed E-state index contributed by atoms with van der Waals surface area (Å²) >= 11 is 11.8. The van der Waals surface area contributed by atoms with Gasteiger partial charge in [0.2, 0.25) is 0 Å². The molecular weight excluding hydrogens is 445 g/mol. The largest absolute Gasteiger partial charge is 0.352 e. The van der Waals surface area contributed by atoms with Crippen LogP contribution in [0.15, 0.2) is 85.5 Å². The normalized spacial score (nSPS) is 18.1. The lowest BCUT2D eigenvalue weighted by Gasteiger charge is -2.29. The lowest BCUT2D eigenvalue weighted by molar-refractivity contribution is 0.302. The Kier molecular flexibility index (Phi) is 5.59. The van der Waals surface area contributed by atoms with Crippen LogP contribution in [-0.4, -0.2) is 24.5 Å². The first kappa shape index (κ1) is 20.6. The number of benzene rings is 1. The molecular formula is C24H19ClFN5S. The fraction of sp³-hybridized carbons (Fsp3) is 0.125. The summed E-state index contributed by atoms with van der Waals surface area (Å²) in [6, 6.07) is 18.2. The first-order valence-electron chi connectivity index (χ1n) is 10.1. The van der Waals surface area contributed by atoms with E-state index >= 15 is 0 Å². The predicted octanol–water partition coefficient (Wildman–Crippen LogP) is 5.23. The Balaban J connectivity index is 1.61. The maximum Gasteiger partial charge on any atom is 0.170 e. The summed E-state index contributed by atoms with van der Waals surface area (Å²) in [6.45, 7) is 0.609. The van der Waals surface area contributed by atoms with Crippen molar-refractivity contribution in [2.75, 3.05) is 0 Å². The van der Waals surface area contributed by atoms with Gasteiger partial charge in [0.1, 0.15) is 5.82 Å². The maximum atomic E-state index is 13.8. The maximum absolute atomic E-state index is 13.8. The Hall–Kier alpha value is -3.29. The highest BCUT2D eigenvalue weighted by atomic mass is 35.5. The number of hydrogen-bond acceptors (Lipinski definition) is 3. The number of hydrogen-bond donors (Lipinski definition) is 1. The molecule has 3 aromatic heterocycles. The summed E-state index contributed by atoms with van der Waals surface area (Å²) in [6.07, 6.45) is 7.27. The second-order valence-electron chi connectivity index (χ2n) is 7.51. The van der Waals surface area contributed by atoms with Crippen LogP contribution in [0.2, 0.25) is 5.02 Å². The molecule has 0 aliphatic carbocycles. The standard InChI is InChI=1S/C24H19ClFN5S/c25-18-14-17(6-7-19(18)26)30-13-3-5-21(30)23-22(20-4-1-2-10-28-20)29-24(32)31(23)15-16-8-11-27-12-9-16/h1-14,22-23H,15H2,(H,29,32)/t22-,23-/m1/s1. The van der Waals surface area contributed by atoms with Gasteiger partial charge in [-0.3, -0.25) is 9.97 Å². The quantitative estimate of drug-likeness (QED) is 0.410. The summed E-state index contributed by atoms with van der Waals surface area (Å²) in [5.41, 5.74) is 3.75. The van der Waals surface area contributed by atoms with Gasteiger partial charge in [-0.25, -0.2) is 4.39 Å². The Morgan fingerprint density at radius 2 is 1.88 bits per heavy atom. The van der Waals surface area contributed by atoms with Gasteiger partial charge in [0, 0.05) is 42.7 Å². The minimum atomic E-state index is -0.446. The fourth-order valence-electron chi connectivity index (χ4n) is 4.09. The van der Waals surface area contributed by atoms with Crippen molar-refractivity contribution in [3.8, 4) is 5.69 Å². The Morgan fingerprint density at radius 3 is 2.62 bits per heavy atom. The number of nitrogens with zero attached hydrogens (tertiary/aromatic N) is 4. The van der Waals surface area contributed by atoms with Gasteiger partial charge in [-0.05, 0) is 72.4 Å². The first-order chi connectivity index (χ1) is 15.6. The molecule has 5 nitrogen and oxygen atoms in total. The molecule has 0 amide bonds. The molecule has 160 valence electrons. The molecule has 32 heavy (non-hydrogen) atoms. The van der Waals surface area contributed by atoms with Gasteiger partial charge < -0.3 is 14.8 Å². The third kappa shape index (κ3) is 3.85. The van der Waals surface area contributed by atoms with Crippen molar-refractivity contribution in [2.45, 2.75) is 18.6 Å². The topological polar surface area (TPSA) is 46.0 Å². The second kappa shape index (κ2) is 8.68. The van der Waals surface area contributed by atoms with Crippen LogP contribution < -0.4 is 5.32 Å². The van der Waals surface area contributed by atoms with Crippen LogP contribution >= 0.6 is 23.8 Å². The van der Waals surface area contributed by atoms with E-state index in [4.69, 9.17) is 23.8 Å². The number of aromatic nitrogens is 3. The predicted molar refractivity (Wildman–Crippen MR) is 126 cm³/mol. The van der Waals surface area contributed by atoms with Crippen LogP contribution in [-0.2, 0) is 6.54 Å². The van der Waals surface area contributed by atoms with Crippen LogP contribution in [0, 0.1) is 5.82 Å². The van der Waals surface area contributed by atoms with Crippen molar-refractivity contribution >= 4 is 28.9 Å². The molecule has 1 aromatic carbocycles. The van der Waals surface area contributed by atoms with Crippen molar-refractivity contribution in [2.24, 2.45) is 0 Å². The zero-order chi connectivity index (χ0) is 22.1. The lowest BCUT2D eigenvalue weighted by Crippen LogP contribution is -2.30. The molecule has 4 heterocycles. The van der Waals surface area contributed by atoms with Crippen LogP contribution in [0.5, 0.6) is 0 Å². The van der Waals surface area contributed by atoms with Crippen LogP contribution in [0.25, 0.3) is 5.69 Å². The molecule has 1 saturated heterocycles. The molecule has 1 fully saturated rings. The molecule has 4 aromatic rings. The summed E-state index contributed by atoms with van der Waals surface area (Å²) in [7, 11) is 0. The average Bonchev–Trinajstić information content (AvgIpc) is 3.42. The van der Waals surface area contributed by atoms with E-state index < -0.39 is 5.82 Å². The molecule has 0 unspecified atom stereocenters. The van der Waals surface area contributed by atoms with E-state index in [2.05, 4.69) is 20.2 Å². The second-order valence-corrected chi connectivity index (χ2v) is 8.31. The first-order valence-corrected chi connectivity index (χ1v) is 10.9. The monoisotopic (exact) mass is 463 g/mol. The van der Waals surface area contributed by atoms with Crippen LogP contribution in [0.4, 0.5) is 4.39 Å². The van der Waals surface area contributed by atoms with Gasteiger partial charge >= 0.3 is 0 Å². The molecule has 0 saturated carbocycles. The molecule has 8 heteroatoms. The van der Waals surface area contributed by atoms with Gasteiger partial charge in [0.25, 0.3) is 0 Å². The SMILES string of the molecule is Fc1ccc(-n2cccc2[C@@H]2[C@@H](c3ccccn3)NC(=S)N2Cc2ccncc2)cc1Cl. The minimum Gasteiger partial charge on any atom is -0.352 e. The lowest BCUT2D eigenvalue weighted by atomic mass is 10.0.